The summed E-state index contributed by atoms with van der Waals surface area (Å²) in [6, 6.07) is 13.7. The van der Waals surface area contributed by atoms with Gasteiger partial charge in [0.15, 0.2) is 0 Å². The molecule has 0 spiro atoms. The van der Waals surface area contributed by atoms with E-state index in [0.717, 1.165) is 16.8 Å². The number of amides is 2. The monoisotopic (exact) mass is 557 g/mol. The minimum absolute atomic E-state index is 0.118. The molecule has 0 unspecified atom stereocenters. The summed E-state index contributed by atoms with van der Waals surface area (Å²) >= 11 is 8.03. The van der Waals surface area contributed by atoms with E-state index in [1.54, 1.807) is 16.8 Å². The zero-order chi connectivity index (χ0) is 27.6. The van der Waals surface area contributed by atoms with E-state index in [0.29, 0.717) is 29.6 Å². The number of para-hydroxylation sites is 1. The van der Waals surface area contributed by atoms with Crippen molar-refractivity contribution < 1.29 is 14.0 Å². The zero-order valence-electron chi connectivity index (χ0n) is 22.3. The topological polar surface area (TPSA) is 70.5 Å². The Hall–Kier alpha value is -2.88. The number of fused-ring (bicyclic) bond motifs is 1. The van der Waals surface area contributed by atoms with Crippen molar-refractivity contribution in [2.24, 2.45) is 0 Å². The van der Waals surface area contributed by atoms with Crippen LogP contribution in [0.5, 0.6) is 0 Å². The number of hydrogen-bond acceptors (Lipinski definition) is 5. The van der Waals surface area contributed by atoms with Gasteiger partial charge in [0.25, 0.3) is 0 Å². The second-order valence-electron chi connectivity index (χ2n) is 10.6. The van der Waals surface area contributed by atoms with Crippen molar-refractivity contribution in [2.45, 2.75) is 31.4 Å². The van der Waals surface area contributed by atoms with Crippen LogP contribution in [-0.4, -0.2) is 66.0 Å². The molecule has 3 aromatic rings. The molecule has 1 aliphatic rings. The van der Waals surface area contributed by atoms with Crippen molar-refractivity contribution in [3.8, 4) is 5.69 Å². The molecule has 1 atom stereocenters. The molecule has 1 aliphatic heterocycles. The van der Waals surface area contributed by atoms with Crippen LogP contribution in [0.2, 0.25) is 5.02 Å². The third-order valence-electron chi connectivity index (χ3n) is 6.21. The fourth-order valence-electron chi connectivity index (χ4n) is 4.42. The minimum atomic E-state index is -0.421. The first kappa shape index (κ1) is 28.1. The van der Waals surface area contributed by atoms with Crippen LogP contribution in [-0.2, 0) is 15.0 Å². The summed E-state index contributed by atoms with van der Waals surface area (Å²) in [7, 11) is 3.85. The Morgan fingerprint density at radius 1 is 1.21 bits per heavy atom. The Labute approximate surface area is 232 Å². The summed E-state index contributed by atoms with van der Waals surface area (Å²) in [6.07, 6.45) is 0. The number of halogens is 2. The number of nitrogens with zero attached hydrogens (tertiary/aromatic N) is 4. The maximum atomic E-state index is 14.4. The second kappa shape index (κ2) is 11.5. The van der Waals surface area contributed by atoms with E-state index in [1.807, 2.05) is 64.0 Å². The standard InChI is InChI=1S/C28H33ClFN5O2S/c1-28(2,3)26-24-25(18-9-8-10-19(30)15-18)38-17-23(37)34(16-22(36)31-13-14-33(4)5)27(24)35(32-26)21-12-7-6-11-20(21)29/h6-12,15,25H,13-14,16-17H2,1-5H3,(H,31,36)/t25-/m1/s1. The summed E-state index contributed by atoms with van der Waals surface area (Å²) in [6.45, 7) is 7.10. The van der Waals surface area contributed by atoms with Crippen LogP contribution in [0.1, 0.15) is 42.8 Å². The van der Waals surface area contributed by atoms with Gasteiger partial charge in [-0.2, -0.15) is 5.10 Å². The lowest BCUT2D eigenvalue weighted by molar-refractivity contribution is -0.122. The molecule has 10 heteroatoms. The number of benzene rings is 2. The van der Waals surface area contributed by atoms with Gasteiger partial charge >= 0.3 is 0 Å². The van der Waals surface area contributed by atoms with Gasteiger partial charge in [-0.1, -0.05) is 56.6 Å². The van der Waals surface area contributed by atoms with Crippen LogP contribution in [0.3, 0.4) is 0 Å². The van der Waals surface area contributed by atoms with E-state index in [9.17, 15) is 14.0 Å². The fraction of sp³-hybridized carbons (Fsp3) is 0.393. The average Bonchev–Trinajstić information content (AvgIpc) is 3.17. The molecule has 202 valence electrons. The van der Waals surface area contributed by atoms with Crippen molar-refractivity contribution >= 4 is 41.0 Å². The quantitative estimate of drug-likeness (QED) is 0.451. The predicted molar refractivity (Wildman–Crippen MR) is 152 cm³/mol. The Morgan fingerprint density at radius 3 is 2.61 bits per heavy atom. The number of thioether (sulfide) groups is 1. The number of hydrogen-bond donors (Lipinski definition) is 1. The molecule has 0 saturated heterocycles. The van der Waals surface area contributed by atoms with Crippen LogP contribution < -0.4 is 10.2 Å². The van der Waals surface area contributed by atoms with Crippen molar-refractivity contribution in [2.75, 3.05) is 44.4 Å². The second-order valence-corrected chi connectivity index (χ2v) is 12.1. The molecule has 7 nitrogen and oxygen atoms in total. The van der Waals surface area contributed by atoms with Gasteiger partial charge in [0.1, 0.15) is 18.2 Å². The highest BCUT2D eigenvalue weighted by atomic mass is 35.5. The minimum Gasteiger partial charge on any atom is -0.353 e. The molecule has 4 rings (SSSR count). The molecule has 0 radical (unpaired) electrons. The maximum absolute atomic E-state index is 14.4. The van der Waals surface area contributed by atoms with Gasteiger partial charge in [-0.3, -0.25) is 14.5 Å². The van der Waals surface area contributed by atoms with Gasteiger partial charge in [-0.05, 0) is 43.9 Å². The smallest absolute Gasteiger partial charge is 0.240 e. The van der Waals surface area contributed by atoms with Crippen molar-refractivity contribution in [3.63, 3.8) is 0 Å². The van der Waals surface area contributed by atoms with Crippen LogP contribution in [0.15, 0.2) is 48.5 Å². The first-order valence-electron chi connectivity index (χ1n) is 12.4. The Balaban J connectivity index is 1.94. The summed E-state index contributed by atoms with van der Waals surface area (Å²) in [4.78, 5) is 30.1. The molecule has 2 amide bonds. The number of nitrogens with one attached hydrogen (secondary N) is 1. The lowest BCUT2D eigenvalue weighted by Crippen LogP contribution is -2.43. The molecule has 0 saturated carbocycles. The molecular weight excluding hydrogens is 525 g/mol. The maximum Gasteiger partial charge on any atom is 0.240 e. The van der Waals surface area contributed by atoms with Crippen molar-refractivity contribution in [1.82, 2.24) is 20.0 Å². The Morgan fingerprint density at radius 2 is 1.95 bits per heavy atom. The third kappa shape index (κ3) is 6.06. The molecular formula is C28H33ClFN5O2S. The number of carbonyl (C=O) groups excluding carboxylic acids is 2. The zero-order valence-corrected chi connectivity index (χ0v) is 23.9. The number of carbonyl (C=O) groups is 2. The van der Waals surface area contributed by atoms with Gasteiger partial charge in [-0.15, -0.1) is 11.8 Å². The number of anilines is 1. The lowest BCUT2D eigenvalue weighted by atomic mass is 9.87. The van der Waals surface area contributed by atoms with Gasteiger partial charge in [0.05, 0.1) is 27.4 Å². The molecule has 1 aromatic heterocycles. The third-order valence-corrected chi connectivity index (χ3v) is 7.79. The van der Waals surface area contributed by atoms with Gasteiger partial charge in [0, 0.05) is 24.1 Å². The van der Waals surface area contributed by atoms with Crippen molar-refractivity contribution in [1.29, 1.82) is 0 Å². The Kier molecular flexibility index (Phi) is 8.49. The molecule has 0 bridgehead atoms. The number of aromatic nitrogens is 2. The van der Waals surface area contributed by atoms with Crippen LogP contribution >= 0.6 is 23.4 Å². The lowest BCUT2D eigenvalue weighted by Gasteiger charge is -2.25. The van der Waals surface area contributed by atoms with E-state index in [-0.39, 0.29) is 35.2 Å². The fourth-order valence-corrected chi connectivity index (χ4v) is 5.82. The van der Waals surface area contributed by atoms with E-state index < -0.39 is 5.41 Å². The van der Waals surface area contributed by atoms with E-state index in [4.69, 9.17) is 16.7 Å². The molecule has 0 aliphatic carbocycles. The Bertz CT molecular complexity index is 1340. The normalized spacial score (nSPS) is 15.9. The summed E-state index contributed by atoms with van der Waals surface area (Å²) in [5.74, 6) is -0.258. The summed E-state index contributed by atoms with van der Waals surface area (Å²) < 4.78 is 16.0. The summed E-state index contributed by atoms with van der Waals surface area (Å²) in [5.41, 5.74) is 2.43. The highest BCUT2D eigenvalue weighted by Crippen LogP contribution is 2.48. The molecule has 2 heterocycles. The van der Waals surface area contributed by atoms with Gasteiger partial charge in [0.2, 0.25) is 11.8 Å². The summed E-state index contributed by atoms with van der Waals surface area (Å²) in [5, 5.41) is 7.99. The van der Waals surface area contributed by atoms with Crippen LogP contribution in [0.25, 0.3) is 5.69 Å². The van der Waals surface area contributed by atoms with E-state index in [2.05, 4.69) is 5.32 Å². The first-order valence-corrected chi connectivity index (χ1v) is 13.9. The van der Waals surface area contributed by atoms with Gasteiger partial charge < -0.3 is 10.2 Å². The molecule has 2 aromatic carbocycles. The molecule has 1 N–H and O–H groups in total. The molecule has 38 heavy (non-hydrogen) atoms. The number of likely N-dealkylation sites (N-methyl/N-ethyl adjacent to an activating group) is 1. The number of rotatable bonds is 7. The SMILES string of the molecule is CN(C)CCNC(=O)CN1C(=O)CS[C@H](c2cccc(F)c2)c2c(C(C)(C)C)nn(-c3ccccc3Cl)c21. The predicted octanol–water partition coefficient (Wildman–Crippen LogP) is 4.81. The highest BCUT2D eigenvalue weighted by Gasteiger charge is 2.40. The van der Waals surface area contributed by atoms with Crippen LogP contribution in [0, 0.1) is 5.82 Å². The largest absolute Gasteiger partial charge is 0.353 e. The van der Waals surface area contributed by atoms with Crippen molar-refractivity contribution in [3.05, 3.63) is 76.2 Å². The molecule has 0 fully saturated rings. The highest BCUT2D eigenvalue weighted by molar-refractivity contribution is 8.00. The van der Waals surface area contributed by atoms with E-state index >= 15 is 0 Å². The van der Waals surface area contributed by atoms with E-state index in [1.165, 1.54) is 28.8 Å². The average molecular weight is 558 g/mol. The van der Waals surface area contributed by atoms with Crippen LogP contribution in [0.4, 0.5) is 10.2 Å². The first-order chi connectivity index (χ1) is 18.0. The van der Waals surface area contributed by atoms with Gasteiger partial charge in [-0.25, -0.2) is 9.07 Å².